The number of carbonyl (C=O) groups excluding carboxylic acids is 1. The third-order valence-electron chi connectivity index (χ3n) is 3.98. The second-order valence-electron chi connectivity index (χ2n) is 5.65. The fourth-order valence-corrected chi connectivity index (χ4v) is 4.19. The van der Waals surface area contributed by atoms with E-state index in [-0.39, 0.29) is 6.61 Å². The lowest BCUT2D eigenvalue weighted by Gasteiger charge is -2.40. The summed E-state index contributed by atoms with van der Waals surface area (Å²) in [5.41, 5.74) is 6.57. The molecular formula is C15H18N2O5S. The van der Waals surface area contributed by atoms with Crippen LogP contribution in [0, 0.1) is 0 Å². The minimum atomic E-state index is -1.11. The number of thioether (sulfide) groups is 1. The van der Waals surface area contributed by atoms with Gasteiger partial charge in [0.15, 0.2) is 0 Å². The molecule has 3 unspecified atom stereocenters. The maximum absolute atomic E-state index is 12.4. The Morgan fingerprint density at radius 2 is 2.13 bits per heavy atom. The summed E-state index contributed by atoms with van der Waals surface area (Å²) >= 11 is 1.35. The van der Waals surface area contributed by atoms with Crippen molar-refractivity contribution in [2.24, 2.45) is 5.73 Å². The van der Waals surface area contributed by atoms with E-state index in [1.54, 1.807) is 0 Å². The van der Waals surface area contributed by atoms with Crippen LogP contribution in [0.15, 0.2) is 30.3 Å². The van der Waals surface area contributed by atoms with E-state index in [1.807, 2.05) is 30.3 Å². The third kappa shape index (κ3) is 3.20. The first kappa shape index (κ1) is 16.3. The zero-order valence-corrected chi connectivity index (χ0v) is 13.1. The molecule has 0 saturated carbocycles. The van der Waals surface area contributed by atoms with Crippen LogP contribution in [-0.2, 0) is 25.7 Å². The second kappa shape index (κ2) is 6.48. The zero-order chi connectivity index (χ0) is 16.4. The highest BCUT2D eigenvalue weighted by molar-refractivity contribution is 8.01. The number of hydrogen-bond donors (Lipinski definition) is 3. The number of nitrogens with one attached hydrogen (secondary N) is 1. The Balaban J connectivity index is 1.65. The lowest BCUT2D eigenvalue weighted by Crippen LogP contribution is -2.59. The molecule has 3 atom stereocenters. The van der Waals surface area contributed by atoms with Gasteiger partial charge in [-0.05, 0) is 5.56 Å². The molecule has 2 heterocycles. The number of carbonyl (C=O) groups is 2. The summed E-state index contributed by atoms with van der Waals surface area (Å²) in [7, 11) is 0. The van der Waals surface area contributed by atoms with Crippen molar-refractivity contribution in [3.63, 3.8) is 0 Å². The van der Waals surface area contributed by atoms with Crippen molar-refractivity contribution < 1.29 is 24.2 Å². The van der Waals surface area contributed by atoms with Gasteiger partial charge in [0.2, 0.25) is 0 Å². The molecule has 0 amide bonds. The van der Waals surface area contributed by atoms with Gasteiger partial charge in [0.05, 0.1) is 23.3 Å². The zero-order valence-electron chi connectivity index (χ0n) is 12.3. The van der Waals surface area contributed by atoms with Crippen LogP contribution in [0.25, 0.3) is 0 Å². The van der Waals surface area contributed by atoms with Crippen molar-refractivity contribution >= 4 is 23.7 Å². The van der Waals surface area contributed by atoms with Crippen molar-refractivity contribution in [3.8, 4) is 0 Å². The fourth-order valence-electron chi connectivity index (χ4n) is 2.61. The molecule has 4 N–H and O–H groups in total. The maximum atomic E-state index is 12.4. The van der Waals surface area contributed by atoms with Crippen LogP contribution >= 0.6 is 11.8 Å². The molecule has 124 valence electrons. The number of nitrogens with two attached hydrogens (primary N) is 1. The number of benzene rings is 1. The quantitative estimate of drug-likeness (QED) is 0.641. The normalized spacial score (nSPS) is 26.5. The van der Waals surface area contributed by atoms with Crippen LogP contribution in [0.2, 0.25) is 0 Å². The molecule has 1 aromatic carbocycles. The molecule has 1 spiro atoms. The molecule has 2 aliphatic heterocycles. The van der Waals surface area contributed by atoms with Crippen LogP contribution in [0.3, 0.4) is 0 Å². The molecule has 0 aromatic heterocycles. The van der Waals surface area contributed by atoms with E-state index in [4.69, 9.17) is 20.3 Å². The predicted molar refractivity (Wildman–Crippen MR) is 83.7 cm³/mol. The van der Waals surface area contributed by atoms with Gasteiger partial charge in [-0.2, -0.15) is 0 Å². The van der Waals surface area contributed by atoms with Crippen molar-refractivity contribution in [2.45, 2.75) is 28.8 Å². The van der Waals surface area contributed by atoms with Gasteiger partial charge in [0.25, 0.3) is 0 Å². The Labute approximate surface area is 137 Å². The number of ether oxygens (including phenoxy) is 2. The summed E-state index contributed by atoms with van der Waals surface area (Å²) in [4.78, 5) is 23.5. The van der Waals surface area contributed by atoms with E-state index in [1.165, 1.54) is 11.8 Å². The Bertz CT molecular complexity index is 593. The molecule has 0 bridgehead atoms. The topological polar surface area (TPSA) is 111 Å². The van der Waals surface area contributed by atoms with Crippen LogP contribution in [0.5, 0.6) is 0 Å². The summed E-state index contributed by atoms with van der Waals surface area (Å²) in [6, 6.07) is 7.65. The molecule has 7 nitrogen and oxygen atoms in total. The van der Waals surface area contributed by atoms with Gasteiger partial charge in [-0.15, -0.1) is 11.8 Å². The number of rotatable bonds is 5. The minimum absolute atomic E-state index is 0.176. The van der Waals surface area contributed by atoms with Gasteiger partial charge in [-0.25, -0.2) is 0 Å². The Morgan fingerprint density at radius 3 is 2.70 bits per heavy atom. The lowest BCUT2D eigenvalue weighted by atomic mass is 9.97. The molecular weight excluding hydrogens is 320 g/mol. The summed E-state index contributed by atoms with van der Waals surface area (Å²) in [5, 5.41) is 11.5. The first-order valence-electron chi connectivity index (χ1n) is 7.22. The number of carboxylic acids is 1. The molecule has 1 aromatic rings. The van der Waals surface area contributed by atoms with Crippen LogP contribution in [0.1, 0.15) is 5.56 Å². The van der Waals surface area contributed by atoms with E-state index >= 15 is 0 Å². The van der Waals surface area contributed by atoms with Crippen LogP contribution in [-0.4, -0.2) is 52.5 Å². The number of esters is 1. The summed E-state index contributed by atoms with van der Waals surface area (Å²) in [6.07, 6.45) is 0. The Kier molecular flexibility index (Phi) is 4.58. The van der Waals surface area contributed by atoms with Gasteiger partial charge < -0.3 is 20.3 Å². The van der Waals surface area contributed by atoms with E-state index in [9.17, 15) is 9.59 Å². The van der Waals surface area contributed by atoms with Crippen molar-refractivity contribution in [1.82, 2.24) is 5.32 Å². The molecule has 8 heteroatoms. The van der Waals surface area contributed by atoms with E-state index in [2.05, 4.69) is 5.32 Å². The van der Waals surface area contributed by atoms with Gasteiger partial charge >= 0.3 is 11.9 Å². The number of carboxylic acid groups (broad SMARTS) is 1. The maximum Gasteiger partial charge on any atom is 0.325 e. The van der Waals surface area contributed by atoms with E-state index in [0.717, 1.165) is 5.56 Å². The molecule has 2 fully saturated rings. The highest BCUT2D eigenvalue weighted by atomic mass is 32.2. The summed E-state index contributed by atoms with van der Waals surface area (Å²) < 4.78 is 10.1. The van der Waals surface area contributed by atoms with Crippen molar-refractivity contribution in [2.75, 3.05) is 13.2 Å². The van der Waals surface area contributed by atoms with Gasteiger partial charge in [-0.3, -0.25) is 14.9 Å². The van der Waals surface area contributed by atoms with E-state index in [0.29, 0.717) is 13.2 Å². The van der Waals surface area contributed by atoms with Gasteiger partial charge in [0, 0.05) is 0 Å². The van der Waals surface area contributed by atoms with Crippen molar-refractivity contribution in [3.05, 3.63) is 35.9 Å². The van der Waals surface area contributed by atoms with Gasteiger partial charge in [0.1, 0.15) is 18.7 Å². The summed E-state index contributed by atoms with van der Waals surface area (Å²) in [5.74, 6) is -1.52. The average molecular weight is 338 g/mol. The fraction of sp³-hybridized carbons (Fsp3) is 0.467. The standard InChI is InChI=1S/C15H18N2O5S/c16-10(13(18)19)12-17-11(15(23-12)7-21-8-15)14(20)22-6-9-4-2-1-3-5-9/h1-5,10-12,17H,6-8,16H2,(H,18,19). The smallest absolute Gasteiger partial charge is 0.325 e. The first-order chi connectivity index (χ1) is 11.0. The molecule has 0 radical (unpaired) electrons. The molecule has 0 aliphatic carbocycles. The second-order valence-corrected chi connectivity index (χ2v) is 7.21. The molecule has 23 heavy (non-hydrogen) atoms. The lowest BCUT2D eigenvalue weighted by molar-refractivity contribution is -0.152. The van der Waals surface area contributed by atoms with Gasteiger partial charge in [-0.1, -0.05) is 30.3 Å². The van der Waals surface area contributed by atoms with Crippen molar-refractivity contribution in [1.29, 1.82) is 0 Å². The monoisotopic (exact) mass is 338 g/mol. The SMILES string of the molecule is NC(C(=O)O)C1NC(C(=O)OCc2ccccc2)C2(COC2)S1. The highest BCUT2D eigenvalue weighted by Crippen LogP contribution is 2.45. The van der Waals surface area contributed by atoms with Crippen LogP contribution in [0.4, 0.5) is 0 Å². The van der Waals surface area contributed by atoms with E-state index < -0.39 is 34.1 Å². The number of aliphatic carboxylic acids is 1. The Morgan fingerprint density at radius 1 is 1.43 bits per heavy atom. The highest BCUT2D eigenvalue weighted by Gasteiger charge is 2.58. The largest absolute Gasteiger partial charge is 0.480 e. The van der Waals surface area contributed by atoms with Crippen LogP contribution < -0.4 is 11.1 Å². The summed E-state index contributed by atoms with van der Waals surface area (Å²) in [6.45, 7) is 0.923. The molecule has 2 saturated heterocycles. The average Bonchev–Trinajstić information content (AvgIpc) is 2.94. The predicted octanol–water partition coefficient (Wildman–Crippen LogP) is -0.0582. The first-order valence-corrected chi connectivity index (χ1v) is 8.10. The molecule has 2 aliphatic rings. The Hall–Kier alpha value is -1.61. The third-order valence-corrected chi connectivity index (χ3v) is 5.61. The minimum Gasteiger partial charge on any atom is -0.480 e. The number of hydrogen-bond acceptors (Lipinski definition) is 7. The molecule has 3 rings (SSSR count).